The Labute approximate surface area is 104 Å². The number of benzene rings is 1. The zero-order chi connectivity index (χ0) is 12.7. The van der Waals surface area contributed by atoms with Gasteiger partial charge in [-0.25, -0.2) is 4.79 Å². The lowest BCUT2D eigenvalue weighted by Crippen LogP contribution is -2.38. The van der Waals surface area contributed by atoms with Gasteiger partial charge in [0.1, 0.15) is 0 Å². The van der Waals surface area contributed by atoms with E-state index in [4.69, 9.17) is 0 Å². The van der Waals surface area contributed by atoms with Crippen molar-refractivity contribution >= 4 is 10.9 Å². The summed E-state index contributed by atoms with van der Waals surface area (Å²) in [6.45, 7) is 1.67. The van der Waals surface area contributed by atoms with Crippen LogP contribution in [0.4, 0.5) is 0 Å². The largest absolute Gasteiger partial charge is 0.329 e. The lowest BCUT2D eigenvalue weighted by Gasteiger charge is -2.13. The molecule has 1 unspecified atom stereocenters. The van der Waals surface area contributed by atoms with Crippen molar-refractivity contribution < 1.29 is 0 Å². The van der Waals surface area contributed by atoms with Crippen LogP contribution in [0.15, 0.2) is 33.9 Å². The highest BCUT2D eigenvalue weighted by Crippen LogP contribution is 2.17. The van der Waals surface area contributed by atoms with Crippen LogP contribution < -0.4 is 11.2 Å². The summed E-state index contributed by atoms with van der Waals surface area (Å²) in [5.74, 6) is 0. The Hall–Kier alpha value is -1.88. The smallest absolute Gasteiger partial charge is 0.307 e. The molecule has 5 heteroatoms. The molecule has 1 N–H and O–H groups in total. The molecule has 1 saturated heterocycles. The summed E-state index contributed by atoms with van der Waals surface area (Å²) in [6, 6.07) is 7.11. The summed E-state index contributed by atoms with van der Waals surface area (Å²) in [5.41, 5.74) is 0.115. The van der Waals surface area contributed by atoms with E-state index < -0.39 is 0 Å². The van der Waals surface area contributed by atoms with E-state index in [0.717, 1.165) is 19.5 Å². The van der Waals surface area contributed by atoms with Gasteiger partial charge >= 0.3 is 5.69 Å². The fraction of sp³-hybridized carbons (Fsp3) is 0.385. The molecule has 1 aliphatic rings. The number of hydrogen-bond donors (Lipinski definition) is 1. The number of likely N-dealkylation sites (N-methyl/N-ethyl adjacent to an activating group) is 1. The molecule has 0 bridgehead atoms. The second kappa shape index (κ2) is 4.10. The van der Waals surface area contributed by atoms with Crippen molar-refractivity contribution in [3.63, 3.8) is 0 Å². The minimum Gasteiger partial charge on any atom is -0.307 e. The summed E-state index contributed by atoms with van der Waals surface area (Å²) in [4.78, 5) is 29.3. The van der Waals surface area contributed by atoms with Gasteiger partial charge in [-0.05, 0) is 32.1 Å². The average molecular weight is 245 g/mol. The minimum absolute atomic E-state index is 0.0177. The zero-order valence-electron chi connectivity index (χ0n) is 10.2. The molecular formula is C13H15N3O2. The molecule has 0 spiro atoms. The Balaban J connectivity index is 2.24. The van der Waals surface area contributed by atoms with E-state index in [2.05, 4.69) is 9.88 Å². The Morgan fingerprint density at radius 2 is 2.06 bits per heavy atom. The normalized spacial score (nSPS) is 20.6. The third-order valence-electron chi connectivity index (χ3n) is 3.57. The summed E-state index contributed by atoms with van der Waals surface area (Å²) >= 11 is 0. The van der Waals surface area contributed by atoms with Gasteiger partial charge in [0.15, 0.2) is 0 Å². The maximum Gasteiger partial charge on any atom is 0.329 e. The molecular weight excluding hydrogens is 230 g/mol. The SMILES string of the molecule is CN1CCC(n2c(=O)[nH]c3ccccc3c2=O)C1. The Morgan fingerprint density at radius 3 is 2.78 bits per heavy atom. The van der Waals surface area contributed by atoms with E-state index in [1.165, 1.54) is 4.57 Å². The number of aromatic amines is 1. The molecule has 1 aliphatic heterocycles. The molecule has 0 aliphatic carbocycles. The summed E-state index contributed by atoms with van der Waals surface area (Å²) in [7, 11) is 2.00. The molecule has 5 nitrogen and oxygen atoms in total. The Bertz CT molecular complexity index is 701. The number of nitrogens with one attached hydrogen (secondary N) is 1. The average Bonchev–Trinajstić information content (AvgIpc) is 2.76. The van der Waals surface area contributed by atoms with Crippen LogP contribution in [0.1, 0.15) is 12.5 Å². The fourth-order valence-corrected chi connectivity index (χ4v) is 2.63. The summed E-state index contributed by atoms with van der Waals surface area (Å²) < 4.78 is 1.37. The predicted octanol–water partition coefficient (Wildman–Crippen LogP) is 0.566. The van der Waals surface area contributed by atoms with Crippen LogP contribution in [0.5, 0.6) is 0 Å². The van der Waals surface area contributed by atoms with Gasteiger partial charge < -0.3 is 9.88 Å². The van der Waals surface area contributed by atoms with Crippen molar-refractivity contribution in [1.29, 1.82) is 0 Å². The minimum atomic E-state index is -0.306. The van der Waals surface area contributed by atoms with Gasteiger partial charge in [-0.1, -0.05) is 12.1 Å². The number of likely N-dealkylation sites (tertiary alicyclic amines) is 1. The number of rotatable bonds is 1. The lowest BCUT2D eigenvalue weighted by atomic mass is 10.2. The molecule has 1 aromatic carbocycles. The third kappa shape index (κ3) is 1.67. The highest BCUT2D eigenvalue weighted by atomic mass is 16.2. The number of para-hydroxylation sites is 1. The third-order valence-corrected chi connectivity index (χ3v) is 3.57. The quantitative estimate of drug-likeness (QED) is 0.799. The van der Waals surface area contributed by atoms with Gasteiger partial charge in [0.2, 0.25) is 0 Å². The van der Waals surface area contributed by atoms with Crippen molar-refractivity contribution in [3.8, 4) is 0 Å². The van der Waals surface area contributed by atoms with E-state index in [-0.39, 0.29) is 17.3 Å². The predicted molar refractivity (Wildman–Crippen MR) is 70.0 cm³/mol. The molecule has 2 heterocycles. The van der Waals surface area contributed by atoms with Crippen molar-refractivity contribution in [3.05, 3.63) is 45.1 Å². The van der Waals surface area contributed by atoms with Crippen molar-refractivity contribution in [2.24, 2.45) is 0 Å². The maximum atomic E-state index is 12.4. The lowest BCUT2D eigenvalue weighted by molar-refractivity contribution is 0.386. The van der Waals surface area contributed by atoms with Crippen LogP contribution in [0.25, 0.3) is 10.9 Å². The second-order valence-corrected chi connectivity index (χ2v) is 4.86. The number of hydrogen-bond acceptors (Lipinski definition) is 3. The zero-order valence-corrected chi connectivity index (χ0v) is 10.2. The van der Waals surface area contributed by atoms with E-state index in [1.54, 1.807) is 12.1 Å². The molecule has 94 valence electrons. The van der Waals surface area contributed by atoms with Gasteiger partial charge in [0.05, 0.1) is 16.9 Å². The molecule has 1 fully saturated rings. The van der Waals surface area contributed by atoms with Crippen molar-refractivity contribution in [1.82, 2.24) is 14.5 Å². The van der Waals surface area contributed by atoms with Crippen LogP contribution in [0, 0.1) is 0 Å². The van der Waals surface area contributed by atoms with Gasteiger partial charge in [0.25, 0.3) is 5.56 Å². The van der Waals surface area contributed by atoms with Gasteiger partial charge in [-0.2, -0.15) is 0 Å². The molecule has 2 aromatic rings. The summed E-state index contributed by atoms with van der Waals surface area (Å²) in [6.07, 6.45) is 0.845. The van der Waals surface area contributed by atoms with Gasteiger partial charge in [0, 0.05) is 6.54 Å². The molecule has 18 heavy (non-hydrogen) atoms. The Morgan fingerprint density at radius 1 is 1.28 bits per heavy atom. The van der Waals surface area contributed by atoms with Crippen LogP contribution in [-0.4, -0.2) is 34.6 Å². The standard InChI is InChI=1S/C13H15N3O2/c1-15-7-6-9(8-15)16-12(17)10-4-2-3-5-11(10)14-13(16)18/h2-5,9H,6-8H2,1H3,(H,14,18). The molecule has 3 rings (SSSR count). The van der Waals surface area contributed by atoms with Crippen LogP contribution in [-0.2, 0) is 0 Å². The summed E-state index contributed by atoms with van der Waals surface area (Å²) in [5, 5.41) is 0.576. The first-order chi connectivity index (χ1) is 8.66. The maximum absolute atomic E-state index is 12.4. The van der Waals surface area contributed by atoms with Gasteiger partial charge in [-0.15, -0.1) is 0 Å². The van der Waals surface area contributed by atoms with E-state index in [1.807, 2.05) is 19.2 Å². The first-order valence-corrected chi connectivity index (χ1v) is 6.09. The molecule has 0 saturated carbocycles. The van der Waals surface area contributed by atoms with E-state index in [0.29, 0.717) is 10.9 Å². The van der Waals surface area contributed by atoms with Gasteiger partial charge in [-0.3, -0.25) is 9.36 Å². The first kappa shape index (κ1) is 11.2. The fourth-order valence-electron chi connectivity index (χ4n) is 2.63. The molecule has 0 amide bonds. The molecule has 1 atom stereocenters. The number of aromatic nitrogens is 2. The van der Waals surface area contributed by atoms with E-state index in [9.17, 15) is 9.59 Å². The number of nitrogens with zero attached hydrogens (tertiary/aromatic N) is 2. The van der Waals surface area contributed by atoms with Crippen LogP contribution in [0.3, 0.4) is 0 Å². The van der Waals surface area contributed by atoms with Crippen molar-refractivity contribution in [2.45, 2.75) is 12.5 Å². The topological polar surface area (TPSA) is 58.1 Å². The monoisotopic (exact) mass is 245 g/mol. The van der Waals surface area contributed by atoms with Crippen LogP contribution in [0.2, 0.25) is 0 Å². The molecule has 1 aromatic heterocycles. The molecule has 0 radical (unpaired) electrons. The van der Waals surface area contributed by atoms with Crippen LogP contribution >= 0.6 is 0 Å². The highest BCUT2D eigenvalue weighted by molar-refractivity contribution is 5.76. The highest BCUT2D eigenvalue weighted by Gasteiger charge is 2.24. The van der Waals surface area contributed by atoms with Crippen molar-refractivity contribution in [2.75, 3.05) is 20.1 Å². The van der Waals surface area contributed by atoms with E-state index >= 15 is 0 Å². The number of fused-ring (bicyclic) bond motifs is 1. The second-order valence-electron chi connectivity index (χ2n) is 4.86. The number of H-pyrrole nitrogens is 1. The first-order valence-electron chi connectivity index (χ1n) is 6.09. The Kier molecular flexibility index (Phi) is 2.56.